The van der Waals surface area contributed by atoms with Gasteiger partial charge in [0, 0.05) is 51.0 Å². The summed E-state index contributed by atoms with van der Waals surface area (Å²) in [6, 6.07) is 8.16. The Morgan fingerprint density at radius 1 is 1.11 bits per heavy atom. The van der Waals surface area contributed by atoms with Crippen LogP contribution in [0.3, 0.4) is 0 Å². The number of para-hydroxylation sites is 1. The summed E-state index contributed by atoms with van der Waals surface area (Å²) in [7, 11) is 0. The summed E-state index contributed by atoms with van der Waals surface area (Å²) < 4.78 is 5.42. The highest BCUT2D eigenvalue weighted by Crippen LogP contribution is 2.34. The first-order valence-electron chi connectivity index (χ1n) is 10.1. The van der Waals surface area contributed by atoms with E-state index in [0.29, 0.717) is 45.7 Å². The Hall–Kier alpha value is -1.63. The summed E-state index contributed by atoms with van der Waals surface area (Å²) in [5, 5.41) is 0. The summed E-state index contributed by atoms with van der Waals surface area (Å²) in [6.07, 6.45) is 3.80. The number of ether oxygens (including phenoxy) is 1. The molecule has 0 bridgehead atoms. The molecule has 154 valence electrons. The third-order valence-corrected chi connectivity index (χ3v) is 6.58. The maximum atomic E-state index is 13.1. The number of anilines is 1. The molecule has 0 aromatic heterocycles. The molecule has 2 fully saturated rings. The first kappa shape index (κ1) is 21.1. The monoisotopic (exact) mass is 407 g/mol. The fourth-order valence-electron chi connectivity index (χ4n) is 4.72. The van der Waals surface area contributed by atoms with E-state index in [4.69, 9.17) is 10.5 Å². The third-order valence-electron chi connectivity index (χ3n) is 6.58. The minimum absolute atomic E-state index is 0. The van der Waals surface area contributed by atoms with Crippen LogP contribution in [0.15, 0.2) is 24.3 Å². The lowest BCUT2D eigenvalue weighted by molar-refractivity contribution is -0.149. The number of piperidine rings is 1. The minimum Gasteiger partial charge on any atom is -0.381 e. The predicted octanol–water partition coefficient (Wildman–Crippen LogP) is 1.99. The molecular weight excluding hydrogens is 378 g/mol. The van der Waals surface area contributed by atoms with Crippen LogP contribution < -0.4 is 10.6 Å². The van der Waals surface area contributed by atoms with Crippen molar-refractivity contribution in [2.45, 2.75) is 32.1 Å². The van der Waals surface area contributed by atoms with Crippen LogP contribution in [0.1, 0.15) is 31.2 Å². The lowest BCUT2D eigenvalue weighted by Gasteiger charge is -2.41. The van der Waals surface area contributed by atoms with Crippen molar-refractivity contribution in [3.05, 3.63) is 29.8 Å². The van der Waals surface area contributed by atoms with E-state index >= 15 is 0 Å². The fourth-order valence-corrected chi connectivity index (χ4v) is 4.72. The van der Waals surface area contributed by atoms with Crippen LogP contribution in [0, 0.1) is 11.3 Å². The summed E-state index contributed by atoms with van der Waals surface area (Å²) in [6.45, 7) is 3.64. The Kier molecular flexibility index (Phi) is 6.63. The topological polar surface area (TPSA) is 75.9 Å². The van der Waals surface area contributed by atoms with Crippen molar-refractivity contribution in [3.8, 4) is 0 Å². The SMILES string of the molecule is Cl.NCC1(C(=O)N2CCC(C(=O)N3CCc4ccccc43)CC2)CCOCC1. The zero-order chi connectivity index (χ0) is 18.9. The number of likely N-dealkylation sites (tertiary alicyclic amines) is 1. The number of benzene rings is 1. The molecule has 28 heavy (non-hydrogen) atoms. The highest BCUT2D eigenvalue weighted by Gasteiger charge is 2.43. The smallest absolute Gasteiger partial charge is 0.230 e. The van der Waals surface area contributed by atoms with Gasteiger partial charge in [-0.2, -0.15) is 0 Å². The molecule has 0 spiro atoms. The van der Waals surface area contributed by atoms with Crippen molar-refractivity contribution in [1.82, 2.24) is 4.90 Å². The second-order valence-electron chi connectivity index (χ2n) is 8.03. The van der Waals surface area contributed by atoms with Crippen LogP contribution in [0.25, 0.3) is 0 Å². The van der Waals surface area contributed by atoms with Gasteiger partial charge in [-0.15, -0.1) is 12.4 Å². The van der Waals surface area contributed by atoms with E-state index in [1.807, 2.05) is 28.0 Å². The molecule has 0 unspecified atom stereocenters. The lowest BCUT2D eigenvalue weighted by atomic mass is 9.78. The van der Waals surface area contributed by atoms with E-state index in [-0.39, 0.29) is 30.1 Å². The second-order valence-corrected chi connectivity index (χ2v) is 8.03. The van der Waals surface area contributed by atoms with Gasteiger partial charge in [-0.1, -0.05) is 18.2 Å². The molecule has 3 heterocycles. The molecule has 7 heteroatoms. The average Bonchev–Trinajstić information content (AvgIpc) is 3.17. The molecule has 3 aliphatic rings. The summed E-state index contributed by atoms with van der Waals surface area (Å²) in [5.41, 5.74) is 7.83. The Morgan fingerprint density at radius 2 is 1.79 bits per heavy atom. The van der Waals surface area contributed by atoms with Gasteiger partial charge in [-0.25, -0.2) is 0 Å². The largest absolute Gasteiger partial charge is 0.381 e. The van der Waals surface area contributed by atoms with Crippen molar-refractivity contribution in [2.24, 2.45) is 17.1 Å². The van der Waals surface area contributed by atoms with Crippen LogP contribution in [-0.2, 0) is 20.7 Å². The molecule has 2 N–H and O–H groups in total. The molecule has 1 aromatic carbocycles. The molecule has 6 nitrogen and oxygen atoms in total. The lowest BCUT2D eigenvalue weighted by Crippen LogP contribution is -2.53. The van der Waals surface area contributed by atoms with Crippen molar-refractivity contribution in [1.29, 1.82) is 0 Å². The highest BCUT2D eigenvalue weighted by atomic mass is 35.5. The van der Waals surface area contributed by atoms with Crippen LogP contribution in [-0.4, -0.2) is 56.1 Å². The number of carbonyl (C=O) groups is 2. The van der Waals surface area contributed by atoms with Crippen molar-refractivity contribution < 1.29 is 14.3 Å². The quantitative estimate of drug-likeness (QED) is 0.831. The maximum Gasteiger partial charge on any atom is 0.230 e. The first-order chi connectivity index (χ1) is 13.1. The van der Waals surface area contributed by atoms with E-state index in [1.165, 1.54) is 5.56 Å². The van der Waals surface area contributed by atoms with Gasteiger partial charge in [0.15, 0.2) is 0 Å². The minimum atomic E-state index is -0.469. The van der Waals surface area contributed by atoms with Crippen molar-refractivity contribution in [2.75, 3.05) is 44.3 Å². The number of nitrogens with two attached hydrogens (primary N) is 1. The average molecular weight is 408 g/mol. The zero-order valence-electron chi connectivity index (χ0n) is 16.3. The number of amides is 2. The fraction of sp³-hybridized carbons (Fsp3) is 0.619. The number of hydrogen-bond donors (Lipinski definition) is 1. The van der Waals surface area contributed by atoms with E-state index in [9.17, 15) is 9.59 Å². The van der Waals surface area contributed by atoms with Crippen LogP contribution in [0.2, 0.25) is 0 Å². The molecular formula is C21H30ClN3O3. The van der Waals surface area contributed by atoms with Gasteiger partial charge >= 0.3 is 0 Å². The standard InChI is InChI=1S/C21H29N3O3.ClH/c22-15-21(8-13-27-14-9-21)20(26)23-10-5-17(6-11-23)19(25)24-12-7-16-3-1-2-4-18(16)24;/h1-4,17H,5-15,22H2;1H. The maximum absolute atomic E-state index is 13.1. The van der Waals surface area contributed by atoms with Crippen LogP contribution in [0.5, 0.6) is 0 Å². The summed E-state index contributed by atoms with van der Waals surface area (Å²) in [4.78, 5) is 30.0. The van der Waals surface area contributed by atoms with Crippen molar-refractivity contribution in [3.63, 3.8) is 0 Å². The first-order valence-corrected chi connectivity index (χ1v) is 10.1. The van der Waals surface area contributed by atoms with Gasteiger partial charge in [-0.3, -0.25) is 9.59 Å². The van der Waals surface area contributed by atoms with Gasteiger partial charge in [0.2, 0.25) is 11.8 Å². The van der Waals surface area contributed by atoms with E-state index in [1.54, 1.807) is 0 Å². The molecule has 2 saturated heterocycles. The number of rotatable bonds is 3. The zero-order valence-corrected chi connectivity index (χ0v) is 17.1. The van der Waals surface area contributed by atoms with Gasteiger partial charge < -0.3 is 20.3 Å². The van der Waals surface area contributed by atoms with Crippen LogP contribution in [0.4, 0.5) is 5.69 Å². The Bertz CT molecular complexity index is 713. The van der Waals surface area contributed by atoms with E-state index < -0.39 is 5.41 Å². The number of hydrogen-bond acceptors (Lipinski definition) is 4. The van der Waals surface area contributed by atoms with E-state index in [0.717, 1.165) is 31.5 Å². The summed E-state index contributed by atoms with van der Waals surface area (Å²) in [5.74, 6) is 0.376. The van der Waals surface area contributed by atoms with Gasteiger partial charge in [0.25, 0.3) is 0 Å². The van der Waals surface area contributed by atoms with Gasteiger partial charge in [-0.05, 0) is 43.7 Å². The van der Waals surface area contributed by atoms with Crippen molar-refractivity contribution >= 4 is 29.9 Å². The van der Waals surface area contributed by atoms with Gasteiger partial charge in [0.05, 0.1) is 5.41 Å². The van der Waals surface area contributed by atoms with Crippen LogP contribution >= 0.6 is 12.4 Å². The summed E-state index contributed by atoms with van der Waals surface area (Å²) >= 11 is 0. The second kappa shape index (κ2) is 8.80. The number of halogens is 1. The Labute approximate surface area is 172 Å². The molecule has 0 aliphatic carbocycles. The van der Waals surface area contributed by atoms with Gasteiger partial charge in [0.1, 0.15) is 0 Å². The molecule has 1 aromatic rings. The van der Waals surface area contributed by atoms with E-state index in [2.05, 4.69) is 6.07 Å². The molecule has 0 atom stereocenters. The number of fused-ring (bicyclic) bond motifs is 1. The molecule has 0 radical (unpaired) electrons. The third kappa shape index (κ3) is 3.78. The number of carbonyl (C=O) groups excluding carboxylic acids is 2. The molecule has 3 aliphatic heterocycles. The number of nitrogens with zero attached hydrogens (tertiary/aromatic N) is 2. The normalized spacial score (nSPS) is 21.8. The Morgan fingerprint density at radius 3 is 2.46 bits per heavy atom. The predicted molar refractivity (Wildman–Crippen MR) is 111 cm³/mol. The molecule has 4 rings (SSSR count). The molecule has 0 saturated carbocycles. The molecule has 2 amide bonds. The Balaban J connectivity index is 0.00000225. The highest BCUT2D eigenvalue weighted by molar-refractivity contribution is 5.97.